The predicted molar refractivity (Wildman–Crippen MR) is 50.3 cm³/mol. The minimum Gasteiger partial charge on any atom is -0.384 e. The van der Waals surface area contributed by atoms with Gasteiger partial charge in [0.15, 0.2) is 0 Å². The van der Waals surface area contributed by atoms with E-state index >= 15 is 0 Å². The maximum atomic E-state index is 8.70. The molecule has 0 atom stereocenters. The Hall–Kier alpha value is -1.20. The molecule has 1 aromatic carbocycles. The number of hydrogen-bond donors (Lipinski definition) is 1. The molecule has 0 radical (unpaired) electrons. The number of nitrogens with zero attached hydrogens (tertiary/aromatic N) is 1. The average molecular weight is 181 g/mol. The second-order valence-electron chi connectivity index (χ2n) is 2.33. The average Bonchev–Trinajstić information content (AvgIpc) is 2.05. The number of halogens is 1. The number of benzene rings is 1. The van der Waals surface area contributed by atoms with E-state index in [9.17, 15) is 0 Å². The highest BCUT2D eigenvalue weighted by Gasteiger charge is 1.99. The monoisotopic (exact) mass is 180 g/mol. The molecule has 0 amide bonds. The zero-order chi connectivity index (χ0) is 8.97. The van der Waals surface area contributed by atoms with Gasteiger partial charge in [-0.25, -0.2) is 0 Å². The molecule has 2 nitrogen and oxygen atoms in total. The fourth-order valence-corrected chi connectivity index (χ4v) is 1.12. The highest BCUT2D eigenvalue weighted by atomic mass is 35.5. The van der Waals surface area contributed by atoms with Crippen LogP contribution >= 0.6 is 11.6 Å². The second-order valence-corrected chi connectivity index (χ2v) is 2.77. The van der Waals surface area contributed by atoms with Crippen LogP contribution in [0.1, 0.15) is 12.5 Å². The molecule has 0 spiro atoms. The lowest BCUT2D eigenvalue weighted by Gasteiger charge is -2.04. The molecular weight excluding hydrogens is 172 g/mol. The summed E-state index contributed by atoms with van der Waals surface area (Å²) in [7, 11) is 0. The SMILES string of the molecule is CCNc1cc(Cl)ccc1C#N. The largest absolute Gasteiger partial charge is 0.384 e. The first kappa shape index (κ1) is 8.89. The van der Waals surface area contributed by atoms with Gasteiger partial charge in [-0.15, -0.1) is 0 Å². The lowest BCUT2D eigenvalue weighted by Crippen LogP contribution is -1.98. The van der Waals surface area contributed by atoms with Crippen LogP contribution < -0.4 is 5.32 Å². The first-order valence-electron chi connectivity index (χ1n) is 3.71. The Morgan fingerprint density at radius 2 is 2.33 bits per heavy atom. The van der Waals surface area contributed by atoms with Crippen molar-refractivity contribution in [3.8, 4) is 6.07 Å². The van der Waals surface area contributed by atoms with Crippen LogP contribution in [0.4, 0.5) is 5.69 Å². The summed E-state index contributed by atoms with van der Waals surface area (Å²) in [6.07, 6.45) is 0. The molecular formula is C9H9ClN2. The Morgan fingerprint density at radius 1 is 1.58 bits per heavy atom. The van der Waals surface area contributed by atoms with Crippen molar-refractivity contribution in [1.29, 1.82) is 5.26 Å². The summed E-state index contributed by atoms with van der Waals surface area (Å²) >= 11 is 5.76. The molecule has 0 unspecified atom stereocenters. The van der Waals surface area contributed by atoms with Crippen LogP contribution in [0.2, 0.25) is 5.02 Å². The molecule has 12 heavy (non-hydrogen) atoms. The molecule has 0 saturated carbocycles. The van der Waals surface area contributed by atoms with Crippen molar-refractivity contribution >= 4 is 17.3 Å². The van der Waals surface area contributed by atoms with Gasteiger partial charge in [0.05, 0.1) is 11.3 Å². The van der Waals surface area contributed by atoms with Gasteiger partial charge in [-0.05, 0) is 25.1 Å². The summed E-state index contributed by atoms with van der Waals surface area (Å²) < 4.78 is 0. The van der Waals surface area contributed by atoms with Crippen LogP contribution in [-0.4, -0.2) is 6.54 Å². The summed E-state index contributed by atoms with van der Waals surface area (Å²) in [6.45, 7) is 2.76. The number of nitrogens with one attached hydrogen (secondary N) is 1. The lowest BCUT2D eigenvalue weighted by atomic mass is 10.2. The zero-order valence-electron chi connectivity index (χ0n) is 6.76. The summed E-state index contributed by atoms with van der Waals surface area (Å²) in [5, 5.41) is 12.4. The minimum atomic E-state index is 0.626. The number of anilines is 1. The Labute approximate surface area is 76.8 Å². The quantitative estimate of drug-likeness (QED) is 0.760. The zero-order valence-corrected chi connectivity index (χ0v) is 7.52. The standard InChI is InChI=1S/C9H9ClN2/c1-2-12-9-5-8(10)4-3-7(9)6-11/h3-5,12H,2H2,1H3. The summed E-state index contributed by atoms with van der Waals surface area (Å²) in [5.74, 6) is 0. The van der Waals surface area contributed by atoms with Gasteiger partial charge >= 0.3 is 0 Å². The van der Waals surface area contributed by atoms with Crippen molar-refractivity contribution in [2.24, 2.45) is 0 Å². The summed E-state index contributed by atoms with van der Waals surface area (Å²) in [6, 6.07) is 7.26. The minimum absolute atomic E-state index is 0.626. The third kappa shape index (κ3) is 1.90. The van der Waals surface area contributed by atoms with E-state index in [-0.39, 0.29) is 0 Å². The third-order valence-electron chi connectivity index (χ3n) is 1.47. The Balaban J connectivity index is 3.06. The first-order valence-corrected chi connectivity index (χ1v) is 4.09. The molecule has 0 fully saturated rings. The fourth-order valence-electron chi connectivity index (χ4n) is 0.951. The Morgan fingerprint density at radius 3 is 2.92 bits per heavy atom. The Kier molecular flexibility index (Phi) is 2.95. The van der Waals surface area contributed by atoms with Crippen molar-refractivity contribution < 1.29 is 0 Å². The molecule has 0 saturated heterocycles. The first-order chi connectivity index (χ1) is 5.77. The molecule has 0 aliphatic rings. The van der Waals surface area contributed by atoms with E-state index in [2.05, 4.69) is 11.4 Å². The van der Waals surface area contributed by atoms with Crippen LogP contribution in [0.15, 0.2) is 18.2 Å². The van der Waals surface area contributed by atoms with E-state index in [0.29, 0.717) is 10.6 Å². The maximum Gasteiger partial charge on any atom is 0.101 e. The number of nitriles is 1. The molecule has 0 bridgehead atoms. The molecule has 0 heterocycles. The second kappa shape index (κ2) is 3.99. The highest BCUT2D eigenvalue weighted by molar-refractivity contribution is 6.30. The molecule has 1 N–H and O–H groups in total. The molecule has 0 aliphatic carbocycles. The highest BCUT2D eigenvalue weighted by Crippen LogP contribution is 2.19. The van der Waals surface area contributed by atoms with Gasteiger partial charge in [0.25, 0.3) is 0 Å². The summed E-state index contributed by atoms with van der Waals surface area (Å²) in [5.41, 5.74) is 1.42. The van der Waals surface area contributed by atoms with Crippen LogP contribution in [0.3, 0.4) is 0 Å². The van der Waals surface area contributed by atoms with Crippen LogP contribution in [0.5, 0.6) is 0 Å². The third-order valence-corrected chi connectivity index (χ3v) is 1.70. The van der Waals surface area contributed by atoms with Crippen molar-refractivity contribution in [1.82, 2.24) is 0 Å². The topological polar surface area (TPSA) is 35.8 Å². The normalized spacial score (nSPS) is 9.08. The van der Waals surface area contributed by atoms with Crippen molar-refractivity contribution in [2.45, 2.75) is 6.92 Å². The van der Waals surface area contributed by atoms with Crippen LogP contribution in [0.25, 0.3) is 0 Å². The molecule has 0 aromatic heterocycles. The van der Waals surface area contributed by atoms with Crippen LogP contribution in [-0.2, 0) is 0 Å². The van der Waals surface area contributed by atoms with E-state index in [4.69, 9.17) is 16.9 Å². The van der Waals surface area contributed by atoms with E-state index < -0.39 is 0 Å². The smallest absolute Gasteiger partial charge is 0.101 e. The summed E-state index contributed by atoms with van der Waals surface area (Å²) in [4.78, 5) is 0. The molecule has 1 aromatic rings. The van der Waals surface area contributed by atoms with Crippen molar-refractivity contribution in [2.75, 3.05) is 11.9 Å². The molecule has 0 aliphatic heterocycles. The molecule has 3 heteroatoms. The fraction of sp³-hybridized carbons (Fsp3) is 0.222. The maximum absolute atomic E-state index is 8.70. The van der Waals surface area contributed by atoms with E-state index in [0.717, 1.165) is 12.2 Å². The number of rotatable bonds is 2. The van der Waals surface area contributed by atoms with E-state index in [1.807, 2.05) is 6.92 Å². The predicted octanol–water partition coefficient (Wildman–Crippen LogP) is 2.64. The van der Waals surface area contributed by atoms with Crippen molar-refractivity contribution in [3.63, 3.8) is 0 Å². The van der Waals surface area contributed by atoms with Gasteiger partial charge in [-0.1, -0.05) is 11.6 Å². The van der Waals surface area contributed by atoms with Gasteiger partial charge < -0.3 is 5.32 Å². The van der Waals surface area contributed by atoms with Gasteiger partial charge in [0.2, 0.25) is 0 Å². The van der Waals surface area contributed by atoms with Gasteiger partial charge in [0, 0.05) is 11.6 Å². The van der Waals surface area contributed by atoms with E-state index in [1.165, 1.54) is 0 Å². The van der Waals surface area contributed by atoms with Gasteiger partial charge in [-0.3, -0.25) is 0 Å². The van der Waals surface area contributed by atoms with Crippen molar-refractivity contribution in [3.05, 3.63) is 28.8 Å². The van der Waals surface area contributed by atoms with Crippen LogP contribution in [0, 0.1) is 11.3 Å². The van der Waals surface area contributed by atoms with E-state index in [1.54, 1.807) is 18.2 Å². The number of hydrogen-bond acceptors (Lipinski definition) is 2. The lowest BCUT2D eigenvalue weighted by molar-refractivity contribution is 1.21. The van der Waals surface area contributed by atoms with Gasteiger partial charge in [-0.2, -0.15) is 5.26 Å². The molecule has 1 rings (SSSR count). The molecule has 62 valence electrons. The Bertz CT molecular complexity index is 315. The van der Waals surface area contributed by atoms with Gasteiger partial charge in [0.1, 0.15) is 6.07 Å².